The van der Waals surface area contributed by atoms with Crippen molar-refractivity contribution < 1.29 is 14.3 Å². The van der Waals surface area contributed by atoms with Gasteiger partial charge in [-0.3, -0.25) is 9.69 Å². The number of carbonyl (C=O) groups excluding carboxylic acids is 1. The first-order valence-electron chi connectivity index (χ1n) is 8.17. The molecule has 0 aromatic carbocycles. The second-order valence-corrected chi connectivity index (χ2v) is 6.51. The molecule has 0 spiro atoms. The van der Waals surface area contributed by atoms with E-state index in [1.165, 1.54) is 0 Å². The zero-order chi connectivity index (χ0) is 16.3. The molecular weight excluding hydrogens is 280 g/mol. The zero-order valence-electron chi connectivity index (χ0n) is 14.1. The minimum atomic E-state index is -1.12. The molecule has 1 aliphatic heterocycles. The van der Waals surface area contributed by atoms with E-state index in [-0.39, 0.29) is 18.5 Å². The highest BCUT2D eigenvalue weighted by Crippen LogP contribution is 2.26. The number of rotatable bonds is 6. The molecule has 0 aliphatic carbocycles. The third-order valence-corrected chi connectivity index (χ3v) is 4.41. The Morgan fingerprint density at radius 2 is 2.27 bits per heavy atom. The third-order valence-electron chi connectivity index (χ3n) is 4.41. The highest BCUT2D eigenvalue weighted by atomic mass is 16.3. The predicted molar refractivity (Wildman–Crippen MR) is 85.6 cm³/mol. The van der Waals surface area contributed by atoms with Crippen LogP contribution in [0.2, 0.25) is 0 Å². The number of nitrogens with one attached hydrogen (secondary N) is 1. The van der Waals surface area contributed by atoms with Gasteiger partial charge in [-0.15, -0.1) is 0 Å². The van der Waals surface area contributed by atoms with Gasteiger partial charge in [-0.25, -0.2) is 0 Å². The minimum absolute atomic E-state index is 0.0177. The van der Waals surface area contributed by atoms with Gasteiger partial charge in [0.15, 0.2) is 0 Å². The molecule has 5 heteroatoms. The molecule has 2 rings (SSSR count). The maximum atomic E-state index is 12.4. The van der Waals surface area contributed by atoms with Crippen molar-refractivity contribution in [3.8, 4) is 0 Å². The molecule has 1 fully saturated rings. The molecule has 2 N–H and O–H groups in total. The summed E-state index contributed by atoms with van der Waals surface area (Å²) in [7, 11) is 0. The molecular formula is C17H28N2O3. The molecule has 2 heterocycles. The van der Waals surface area contributed by atoms with Crippen LogP contribution in [0.5, 0.6) is 0 Å². The molecule has 5 nitrogen and oxygen atoms in total. The fourth-order valence-electron chi connectivity index (χ4n) is 3.32. The van der Waals surface area contributed by atoms with Crippen LogP contribution >= 0.6 is 0 Å². The number of aryl methyl sites for hydroxylation is 2. The Labute approximate surface area is 132 Å². The number of hydrogen-bond donors (Lipinski definition) is 2. The Hall–Kier alpha value is -1.33. The maximum Gasteiger partial charge on any atom is 0.237 e. The SMILES string of the molecule is CCCN1CCC[C@@H]1C(=O)NC[C@@](C)(O)c1cc(C)oc1C. The van der Waals surface area contributed by atoms with Gasteiger partial charge in [0.25, 0.3) is 0 Å². The summed E-state index contributed by atoms with van der Waals surface area (Å²) in [5.74, 6) is 1.48. The van der Waals surface area contributed by atoms with Gasteiger partial charge in [-0.05, 0) is 59.2 Å². The quantitative estimate of drug-likeness (QED) is 0.844. The molecule has 2 atom stereocenters. The normalized spacial score (nSPS) is 21.8. The summed E-state index contributed by atoms with van der Waals surface area (Å²) in [6.07, 6.45) is 3.02. The van der Waals surface area contributed by atoms with Crippen molar-refractivity contribution in [2.45, 2.75) is 58.6 Å². The molecule has 1 aromatic heterocycles. The number of aliphatic hydroxyl groups is 1. The van der Waals surface area contributed by atoms with Crippen LogP contribution in [0, 0.1) is 13.8 Å². The lowest BCUT2D eigenvalue weighted by atomic mass is 9.96. The standard InChI is InChI=1S/C17H28N2O3/c1-5-8-19-9-6-7-15(19)16(20)18-11-17(4,21)14-10-12(2)22-13(14)3/h10,15,21H,5-9,11H2,1-4H3,(H,18,20)/t15-,17-/m1/s1. The Morgan fingerprint density at radius 1 is 1.55 bits per heavy atom. The summed E-state index contributed by atoms with van der Waals surface area (Å²) in [6, 6.07) is 1.78. The van der Waals surface area contributed by atoms with Gasteiger partial charge in [0, 0.05) is 5.56 Å². The number of likely N-dealkylation sites (tertiary alicyclic amines) is 1. The summed E-state index contributed by atoms with van der Waals surface area (Å²) in [5, 5.41) is 13.6. The number of furan rings is 1. The average molecular weight is 308 g/mol. The van der Waals surface area contributed by atoms with Crippen molar-refractivity contribution in [3.63, 3.8) is 0 Å². The number of nitrogens with zero attached hydrogens (tertiary/aromatic N) is 1. The van der Waals surface area contributed by atoms with E-state index in [0.29, 0.717) is 5.76 Å². The van der Waals surface area contributed by atoms with E-state index in [0.717, 1.165) is 43.7 Å². The highest BCUT2D eigenvalue weighted by molar-refractivity contribution is 5.82. The van der Waals surface area contributed by atoms with Crippen LogP contribution < -0.4 is 5.32 Å². The first-order chi connectivity index (χ1) is 10.3. The van der Waals surface area contributed by atoms with Crippen molar-refractivity contribution in [1.29, 1.82) is 0 Å². The maximum absolute atomic E-state index is 12.4. The largest absolute Gasteiger partial charge is 0.466 e. The van der Waals surface area contributed by atoms with Gasteiger partial charge in [-0.1, -0.05) is 6.92 Å². The first-order valence-corrected chi connectivity index (χ1v) is 8.17. The van der Waals surface area contributed by atoms with Crippen LogP contribution in [0.25, 0.3) is 0 Å². The van der Waals surface area contributed by atoms with Gasteiger partial charge < -0.3 is 14.8 Å². The molecule has 0 saturated carbocycles. The van der Waals surface area contributed by atoms with Gasteiger partial charge in [0.2, 0.25) is 5.91 Å². The average Bonchev–Trinajstić information content (AvgIpc) is 3.03. The summed E-state index contributed by atoms with van der Waals surface area (Å²) in [6.45, 7) is 9.66. The molecule has 1 amide bonds. The fraction of sp³-hybridized carbons (Fsp3) is 0.706. The summed E-state index contributed by atoms with van der Waals surface area (Å²) in [4.78, 5) is 14.6. The summed E-state index contributed by atoms with van der Waals surface area (Å²) < 4.78 is 5.48. The summed E-state index contributed by atoms with van der Waals surface area (Å²) >= 11 is 0. The van der Waals surface area contributed by atoms with Crippen molar-refractivity contribution >= 4 is 5.91 Å². The van der Waals surface area contributed by atoms with Crippen LogP contribution in [0.1, 0.15) is 50.2 Å². The molecule has 22 heavy (non-hydrogen) atoms. The Morgan fingerprint density at radius 3 is 2.86 bits per heavy atom. The molecule has 124 valence electrons. The summed E-state index contributed by atoms with van der Waals surface area (Å²) in [5.41, 5.74) is -0.381. The lowest BCUT2D eigenvalue weighted by Gasteiger charge is -2.27. The van der Waals surface area contributed by atoms with Gasteiger partial charge in [-0.2, -0.15) is 0 Å². The molecule has 1 aromatic rings. The Bertz CT molecular complexity index is 522. The van der Waals surface area contributed by atoms with E-state index in [4.69, 9.17) is 4.42 Å². The van der Waals surface area contributed by atoms with Crippen molar-refractivity contribution in [2.24, 2.45) is 0 Å². The Kier molecular flexibility index (Phi) is 5.29. The fourth-order valence-corrected chi connectivity index (χ4v) is 3.32. The topological polar surface area (TPSA) is 65.7 Å². The Balaban J connectivity index is 1.96. The van der Waals surface area contributed by atoms with E-state index < -0.39 is 5.60 Å². The van der Waals surface area contributed by atoms with Crippen molar-refractivity contribution in [1.82, 2.24) is 10.2 Å². The van der Waals surface area contributed by atoms with Gasteiger partial charge in [0.1, 0.15) is 17.1 Å². The third kappa shape index (κ3) is 3.70. The predicted octanol–water partition coefficient (Wildman–Crippen LogP) is 2.09. The van der Waals surface area contributed by atoms with E-state index in [9.17, 15) is 9.90 Å². The molecule has 1 saturated heterocycles. The molecule has 1 aliphatic rings. The molecule has 0 radical (unpaired) electrons. The smallest absolute Gasteiger partial charge is 0.237 e. The van der Waals surface area contributed by atoms with Crippen LogP contribution in [0.3, 0.4) is 0 Å². The zero-order valence-corrected chi connectivity index (χ0v) is 14.1. The van der Waals surface area contributed by atoms with Gasteiger partial charge in [0.05, 0.1) is 12.6 Å². The number of carbonyl (C=O) groups is 1. The van der Waals surface area contributed by atoms with Crippen LogP contribution in [-0.4, -0.2) is 41.6 Å². The monoisotopic (exact) mass is 308 g/mol. The van der Waals surface area contributed by atoms with E-state index in [1.54, 1.807) is 6.92 Å². The molecule has 0 unspecified atom stereocenters. The highest BCUT2D eigenvalue weighted by Gasteiger charge is 2.33. The second kappa shape index (κ2) is 6.84. The van der Waals surface area contributed by atoms with Crippen LogP contribution in [0.4, 0.5) is 0 Å². The van der Waals surface area contributed by atoms with E-state index in [1.807, 2.05) is 19.9 Å². The lowest BCUT2D eigenvalue weighted by Crippen LogP contribution is -2.47. The van der Waals surface area contributed by atoms with Crippen molar-refractivity contribution in [3.05, 3.63) is 23.2 Å². The van der Waals surface area contributed by atoms with E-state index >= 15 is 0 Å². The van der Waals surface area contributed by atoms with Crippen LogP contribution in [0.15, 0.2) is 10.5 Å². The second-order valence-electron chi connectivity index (χ2n) is 6.51. The van der Waals surface area contributed by atoms with Gasteiger partial charge >= 0.3 is 0 Å². The number of amides is 1. The minimum Gasteiger partial charge on any atom is -0.466 e. The lowest BCUT2D eigenvalue weighted by molar-refractivity contribution is -0.126. The first kappa shape index (κ1) is 17.0. The number of hydrogen-bond acceptors (Lipinski definition) is 4. The van der Waals surface area contributed by atoms with Crippen LogP contribution in [-0.2, 0) is 10.4 Å². The van der Waals surface area contributed by atoms with E-state index in [2.05, 4.69) is 17.1 Å². The molecule has 0 bridgehead atoms. The van der Waals surface area contributed by atoms with Crippen molar-refractivity contribution in [2.75, 3.05) is 19.6 Å².